The van der Waals surface area contributed by atoms with Crippen LogP contribution in [0, 0.1) is 0 Å². The van der Waals surface area contributed by atoms with Gasteiger partial charge >= 0.3 is 0 Å². The molecular formula is C13H11BrCl2N2O2S. The summed E-state index contributed by atoms with van der Waals surface area (Å²) < 4.78 is 28.1. The van der Waals surface area contributed by atoms with Gasteiger partial charge in [-0.25, -0.2) is 8.42 Å². The van der Waals surface area contributed by atoms with Crippen LogP contribution in [0.15, 0.2) is 45.8 Å². The largest absolute Gasteiger partial charge is 0.326 e. The second kappa shape index (κ2) is 6.54. The molecule has 3 N–H and O–H groups in total. The lowest BCUT2D eigenvalue weighted by atomic mass is 10.2. The molecule has 0 bridgehead atoms. The Balaban J connectivity index is 2.42. The lowest BCUT2D eigenvalue weighted by Gasteiger charge is -2.12. The van der Waals surface area contributed by atoms with E-state index >= 15 is 0 Å². The Hall–Kier alpha value is -0.790. The Morgan fingerprint density at radius 2 is 1.71 bits per heavy atom. The summed E-state index contributed by atoms with van der Waals surface area (Å²) in [6.07, 6.45) is 0. The van der Waals surface area contributed by atoms with Crippen LogP contribution >= 0.6 is 39.1 Å². The van der Waals surface area contributed by atoms with Crippen LogP contribution in [0.4, 0.5) is 5.69 Å². The van der Waals surface area contributed by atoms with Crippen molar-refractivity contribution < 1.29 is 8.42 Å². The van der Waals surface area contributed by atoms with Crippen LogP contribution < -0.4 is 10.5 Å². The first-order valence-corrected chi connectivity index (χ1v) is 8.83. The van der Waals surface area contributed by atoms with Gasteiger partial charge in [0.05, 0.1) is 5.02 Å². The minimum absolute atomic E-state index is 0.0367. The fourth-order valence-electron chi connectivity index (χ4n) is 1.70. The second-order valence-corrected chi connectivity index (χ2v) is 7.51. The van der Waals surface area contributed by atoms with E-state index < -0.39 is 10.0 Å². The summed E-state index contributed by atoms with van der Waals surface area (Å²) in [5.74, 6) is 0. The summed E-state index contributed by atoms with van der Waals surface area (Å²) in [5, 5.41) is 0.375. The molecule has 0 unspecified atom stereocenters. The molecule has 0 atom stereocenters. The van der Waals surface area contributed by atoms with Crippen molar-refractivity contribution in [1.29, 1.82) is 0 Å². The maximum atomic E-state index is 12.4. The van der Waals surface area contributed by atoms with Gasteiger partial charge in [0.15, 0.2) is 0 Å². The Morgan fingerprint density at radius 1 is 1.10 bits per heavy atom. The molecule has 112 valence electrons. The third-order valence-electron chi connectivity index (χ3n) is 2.74. The summed E-state index contributed by atoms with van der Waals surface area (Å²) in [4.78, 5) is -0.0584. The standard InChI is InChI=1S/C13H11BrCl2N2O2S/c14-8-1-3-9(4-2-8)18-21(19,20)12-6-5-11(15)10(7-17)13(12)16/h1-6,18H,7,17H2. The third-order valence-corrected chi connectivity index (χ3v) is 5.59. The van der Waals surface area contributed by atoms with Crippen LogP contribution in [-0.4, -0.2) is 8.42 Å². The van der Waals surface area contributed by atoms with Crippen molar-refractivity contribution >= 4 is 54.8 Å². The van der Waals surface area contributed by atoms with Gasteiger partial charge in [0, 0.05) is 27.3 Å². The van der Waals surface area contributed by atoms with Gasteiger partial charge in [0.1, 0.15) is 4.90 Å². The number of halogens is 3. The highest BCUT2D eigenvalue weighted by atomic mass is 79.9. The molecule has 2 aromatic rings. The van der Waals surface area contributed by atoms with E-state index in [2.05, 4.69) is 20.7 Å². The first kappa shape index (κ1) is 16.6. The number of hydrogen-bond donors (Lipinski definition) is 2. The molecule has 0 saturated heterocycles. The normalized spacial score (nSPS) is 11.4. The smallest absolute Gasteiger partial charge is 0.263 e. The minimum Gasteiger partial charge on any atom is -0.326 e. The summed E-state index contributed by atoms with van der Waals surface area (Å²) in [6.45, 7) is 0.0549. The molecule has 0 amide bonds. The topological polar surface area (TPSA) is 72.2 Å². The number of sulfonamides is 1. The molecular weight excluding hydrogens is 399 g/mol. The quantitative estimate of drug-likeness (QED) is 0.800. The van der Waals surface area contributed by atoms with Crippen LogP contribution in [0.25, 0.3) is 0 Å². The van der Waals surface area contributed by atoms with Crippen molar-refractivity contribution in [2.24, 2.45) is 5.73 Å². The SMILES string of the molecule is NCc1c(Cl)ccc(S(=O)(=O)Nc2ccc(Br)cc2)c1Cl. The van der Waals surface area contributed by atoms with E-state index in [-0.39, 0.29) is 16.5 Å². The Bertz CT molecular complexity index is 764. The van der Waals surface area contributed by atoms with Gasteiger partial charge in [-0.2, -0.15) is 0 Å². The maximum absolute atomic E-state index is 12.4. The van der Waals surface area contributed by atoms with E-state index in [1.807, 2.05) is 0 Å². The Labute approximate surface area is 141 Å². The Kier molecular flexibility index (Phi) is 5.16. The summed E-state index contributed by atoms with van der Waals surface area (Å²) in [7, 11) is -3.82. The predicted molar refractivity (Wildman–Crippen MR) is 89.3 cm³/mol. The number of nitrogens with two attached hydrogens (primary N) is 1. The number of rotatable bonds is 4. The summed E-state index contributed by atoms with van der Waals surface area (Å²) >= 11 is 15.3. The average Bonchev–Trinajstić information content (AvgIpc) is 2.41. The average molecular weight is 410 g/mol. The highest BCUT2D eigenvalue weighted by Gasteiger charge is 2.21. The number of anilines is 1. The van der Waals surface area contributed by atoms with Crippen LogP contribution in [0.2, 0.25) is 10.0 Å². The van der Waals surface area contributed by atoms with Gasteiger partial charge in [-0.1, -0.05) is 39.1 Å². The Morgan fingerprint density at radius 3 is 2.29 bits per heavy atom. The van der Waals surface area contributed by atoms with Crippen molar-refractivity contribution in [2.45, 2.75) is 11.4 Å². The first-order chi connectivity index (χ1) is 9.85. The van der Waals surface area contributed by atoms with E-state index in [4.69, 9.17) is 28.9 Å². The highest BCUT2D eigenvalue weighted by molar-refractivity contribution is 9.10. The zero-order chi connectivity index (χ0) is 15.6. The minimum atomic E-state index is -3.82. The molecule has 0 radical (unpaired) electrons. The van der Waals surface area contributed by atoms with Crippen LogP contribution in [0.1, 0.15) is 5.56 Å². The third kappa shape index (κ3) is 3.70. The lowest BCUT2D eigenvalue weighted by Crippen LogP contribution is -2.14. The fraction of sp³-hybridized carbons (Fsp3) is 0.0769. The molecule has 21 heavy (non-hydrogen) atoms. The van der Waals surface area contributed by atoms with Gasteiger partial charge < -0.3 is 5.73 Å². The maximum Gasteiger partial charge on any atom is 0.263 e. The van der Waals surface area contributed by atoms with Crippen molar-refractivity contribution in [2.75, 3.05) is 4.72 Å². The van der Waals surface area contributed by atoms with E-state index in [0.717, 1.165) is 4.47 Å². The zero-order valence-corrected chi connectivity index (χ0v) is 14.5. The molecule has 0 spiro atoms. The van der Waals surface area contributed by atoms with Crippen LogP contribution in [0.3, 0.4) is 0 Å². The molecule has 2 rings (SSSR count). The van der Waals surface area contributed by atoms with Crippen molar-refractivity contribution in [1.82, 2.24) is 0 Å². The molecule has 0 aliphatic carbocycles. The number of benzene rings is 2. The van der Waals surface area contributed by atoms with Crippen molar-refractivity contribution in [3.8, 4) is 0 Å². The number of hydrogen-bond acceptors (Lipinski definition) is 3. The van der Waals surface area contributed by atoms with Crippen molar-refractivity contribution in [3.63, 3.8) is 0 Å². The van der Waals surface area contributed by atoms with E-state index in [9.17, 15) is 8.42 Å². The molecule has 0 aliphatic rings. The van der Waals surface area contributed by atoms with Crippen LogP contribution in [0.5, 0.6) is 0 Å². The molecule has 0 aliphatic heterocycles. The van der Waals surface area contributed by atoms with Gasteiger partial charge in [-0.05, 0) is 36.4 Å². The zero-order valence-electron chi connectivity index (χ0n) is 10.6. The van der Waals surface area contributed by atoms with Gasteiger partial charge in [-0.3, -0.25) is 4.72 Å². The summed E-state index contributed by atoms with van der Waals surface area (Å²) in [6, 6.07) is 9.54. The molecule has 2 aromatic carbocycles. The van der Waals surface area contributed by atoms with Gasteiger partial charge in [-0.15, -0.1) is 0 Å². The number of nitrogens with one attached hydrogen (secondary N) is 1. The molecule has 0 fully saturated rings. The molecule has 4 nitrogen and oxygen atoms in total. The second-order valence-electron chi connectivity index (χ2n) is 4.15. The van der Waals surface area contributed by atoms with Crippen molar-refractivity contribution in [3.05, 3.63) is 56.5 Å². The highest BCUT2D eigenvalue weighted by Crippen LogP contribution is 2.31. The molecule has 0 saturated carbocycles. The monoisotopic (exact) mass is 408 g/mol. The van der Waals surface area contributed by atoms with E-state index in [1.165, 1.54) is 12.1 Å². The molecule has 8 heteroatoms. The van der Waals surface area contributed by atoms with E-state index in [1.54, 1.807) is 24.3 Å². The summed E-state index contributed by atoms with van der Waals surface area (Å²) in [5.41, 5.74) is 6.37. The fourth-order valence-corrected chi connectivity index (χ4v) is 3.96. The van der Waals surface area contributed by atoms with Gasteiger partial charge in [0.2, 0.25) is 0 Å². The van der Waals surface area contributed by atoms with Crippen LogP contribution in [-0.2, 0) is 16.6 Å². The molecule has 0 heterocycles. The first-order valence-electron chi connectivity index (χ1n) is 5.80. The van der Waals surface area contributed by atoms with E-state index in [0.29, 0.717) is 16.3 Å². The lowest BCUT2D eigenvalue weighted by molar-refractivity contribution is 0.601. The predicted octanol–water partition coefficient (Wildman–Crippen LogP) is 4.02. The van der Waals surface area contributed by atoms with Gasteiger partial charge in [0.25, 0.3) is 10.0 Å². The molecule has 0 aromatic heterocycles.